The smallest absolute Gasteiger partial charge is 0.116 e. The van der Waals surface area contributed by atoms with Gasteiger partial charge in [-0.3, -0.25) is 0 Å². The Morgan fingerprint density at radius 3 is 2.31 bits per heavy atom. The van der Waals surface area contributed by atoms with E-state index in [1.165, 1.54) is 0 Å². The molecule has 13 heavy (non-hydrogen) atoms. The molecular formula is C10H15NOS. The maximum atomic E-state index is 11.3. The minimum absolute atomic E-state index is 0.633. The lowest BCUT2D eigenvalue weighted by Crippen LogP contribution is -2.08. The highest BCUT2D eigenvalue weighted by atomic mass is 32.2. The molecule has 0 saturated carbocycles. The molecule has 1 N–H and O–H groups in total. The molecule has 0 aliphatic carbocycles. The van der Waals surface area contributed by atoms with Crippen LogP contribution in [0.1, 0.15) is 18.1 Å². The molecule has 0 amide bonds. The van der Waals surface area contributed by atoms with Crippen LogP contribution in [-0.4, -0.2) is 9.96 Å². The molecular weight excluding hydrogens is 182 g/mol. The monoisotopic (exact) mass is 197 g/mol. The maximum Gasteiger partial charge on any atom is 0.116 e. The summed E-state index contributed by atoms with van der Waals surface area (Å²) < 4.78 is 14.3. The Hall–Kier alpha value is -0.830. The highest BCUT2D eigenvalue weighted by Crippen LogP contribution is 2.19. The topological polar surface area (TPSA) is 29.1 Å². The lowest BCUT2D eigenvalue weighted by Gasteiger charge is -2.10. The van der Waals surface area contributed by atoms with Crippen molar-refractivity contribution in [2.75, 3.05) is 10.5 Å². The van der Waals surface area contributed by atoms with Gasteiger partial charge in [-0.1, -0.05) is 25.1 Å². The summed E-state index contributed by atoms with van der Waals surface area (Å²) in [7, 11) is -0.949. The van der Waals surface area contributed by atoms with Gasteiger partial charge in [0.1, 0.15) is 11.0 Å². The molecule has 0 aromatic heterocycles. The molecule has 2 nitrogen and oxygen atoms in total. The molecule has 0 heterocycles. The van der Waals surface area contributed by atoms with Crippen molar-refractivity contribution in [2.45, 2.75) is 20.8 Å². The summed E-state index contributed by atoms with van der Waals surface area (Å²) in [5.74, 6) is 0.633. The van der Waals surface area contributed by atoms with Gasteiger partial charge >= 0.3 is 0 Å². The standard InChI is InChI=1S/C10H15NOS/c1-4-13(12)11-10-8(2)6-5-7-9(10)3/h5-7,11H,4H2,1-3H3/t13-/m0/s1. The lowest BCUT2D eigenvalue weighted by molar-refractivity contribution is 0.687. The molecule has 0 aliphatic heterocycles. The highest BCUT2D eigenvalue weighted by Gasteiger charge is 2.03. The molecule has 1 aromatic rings. The summed E-state index contributed by atoms with van der Waals surface area (Å²) in [4.78, 5) is 0. The van der Waals surface area contributed by atoms with Crippen molar-refractivity contribution >= 4 is 16.7 Å². The fraction of sp³-hybridized carbons (Fsp3) is 0.400. The van der Waals surface area contributed by atoms with Gasteiger partial charge in [0, 0.05) is 5.75 Å². The van der Waals surface area contributed by atoms with Crippen molar-refractivity contribution in [3.8, 4) is 0 Å². The van der Waals surface area contributed by atoms with Gasteiger partial charge in [0.25, 0.3) is 0 Å². The van der Waals surface area contributed by atoms with Gasteiger partial charge in [0.05, 0.1) is 5.69 Å². The summed E-state index contributed by atoms with van der Waals surface area (Å²) in [5.41, 5.74) is 3.28. The normalized spacial score (nSPS) is 12.5. The Bertz CT molecular complexity index is 302. The second-order valence-corrected chi connectivity index (χ2v) is 4.48. The number of hydrogen-bond donors (Lipinski definition) is 1. The third kappa shape index (κ3) is 2.56. The number of para-hydroxylation sites is 1. The van der Waals surface area contributed by atoms with Crippen LogP contribution < -0.4 is 4.72 Å². The summed E-state index contributed by atoms with van der Waals surface area (Å²) in [6, 6.07) is 6.04. The fourth-order valence-electron chi connectivity index (χ4n) is 1.16. The summed E-state index contributed by atoms with van der Waals surface area (Å²) in [5, 5.41) is 0. The number of nitrogens with one attached hydrogen (secondary N) is 1. The molecule has 3 heteroatoms. The van der Waals surface area contributed by atoms with Gasteiger partial charge in [0.15, 0.2) is 0 Å². The maximum absolute atomic E-state index is 11.3. The Balaban J connectivity index is 2.93. The zero-order chi connectivity index (χ0) is 9.84. The van der Waals surface area contributed by atoms with Gasteiger partial charge in [-0.05, 0) is 25.0 Å². The molecule has 0 spiro atoms. The van der Waals surface area contributed by atoms with Crippen molar-refractivity contribution in [3.63, 3.8) is 0 Å². The SMILES string of the molecule is CC[S@](=O)Nc1c(C)cccc1C. The van der Waals surface area contributed by atoms with E-state index in [9.17, 15) is 4.21 Å². The molecule has 1 rings (SSSR count). The van der Waals surface area contributed by atoms with E-state index in [4.69, 9.17) is 0 Å². The van der Waals surface area contributed by atoms with E-state index in [1.807, 2.05) is 39.0 Å². The van der Waals surface area contributed by atoms with E-state index >= 15 is 0 Å². The van der Waals surface area contributed by atoms with Crippen LogP contribution in [0.25, 0.3) is 0 Å². The second-order valence-electron chi connectivity index (χ2n) is 3.00. The number of anilines is 1. The van der Waals surface area contributed by atoms with Gasteiger partial charge in [-0.2, -0.15) is 0 Å². The fourth-order valence-corrected chi connectivity index (χ4v) is 1.86. The predicted octanol–water partition coefficient (Wildman–Crippen LogP) is 2.40. The van der Waals surface area contributed by atoms with E-state index in [0.717, 1.165) is 16.8 Å². The molecule has 0 aliphatic rings. The van der Waals surface area contributed by atoms with Crippen LogP contribution in [-0.2, 0) is 11.0 Å². The number of rotatable bonds is 3. The Labute approximate surface area is 82.0 Å². The van der Waals surface area contributed by atoms with E-state index < -0.39 is 11.0 Å². The summed E-state index contributed by atoms with van der Waals surface area (Å²) >= 11 is 0. The Morgan fingerprint density at radius 1 is 1.31 bits per heavy atom. The minimum atomic E-state index is -0.949. The van der Waals surface area contributed by atoms with Gasteiger partial charge in [0.2, 0.25) is 0 Å². The predicted molar refractivity (Wildman–Crippen MR) is 58.2 cm³/mol. The lowest BCUT2D eigenvalue weighted by atomic mass is 10.1. The summed E-state index contributed by atoms with van der Waals surface area (Å²) in [6.07, 6.45) is 0. The van der Waals surface area contributed by atoms with E-state index in [2.05, 4.69) is 4.72 Å². The average Bonchev–Trinajstić information content (AvgIpc) is 2.11. The van der Waals surface area contributed by atoms with Crippen molar-refractivity contribution in [3.05, 3.63) is 29.3 Å². The Kier molecular flexibility index (Phi) is 3.48. The number of aryl methyl sites for hydroxylation is 2. The van der Waals surface area contributed by atoms with Crippen LogP contribution >= 0.6 is 0 Å². The zero-order valence-electron chi connectivity index (χ0n) is 8.26. The van der Waals surface area contributed by atoms with Crippen LogP contribution in [0.2, 0.25) is 0 Å². The molecule has 0 fully saturated rings. The molecule has 1 atom stereocenters. The third-order valence-corrected chi connectivity index (χ3v) is 2.92. The first-order chi connectivity index (χ1) is 6.15. The zero-order valence-corrected chi connectivity index (χ0v) is 9.07. The van der Waals surface area contributed by atoms with Gasteiger partial charge in [-0.15, -0.1) is 0 Å². The van der Waals surface area contributed by atoms with Crippen LogP contribution in [0.3, 0.4) is 0 Å². The van der Waals surface area contributed by atoms with Crippen molar-refractivity contribution in [1.82, 2.24) is 0 Å². The third-order valence-electron chi connectivity index (χ3n) is 1.96. The quantitative estimate of drug-likeness (QED) is 0.792. The average molecular weight is 197 g/mol. The minimum Gasteiger partial charge on any atom is -0.305 e. The van der Waals surface area contributed by atoms with Gasteiger partial charge in [-0.25, -0.2) is 4.21 Å². The van der Waals surface area contributed by atoms with Gasteiger partial charge < -0.3 is 4.72 Å². The molecule has 0 radical (unpaired) electrons. The van der Waals surface area contributed by atoms with Crippen LogP contribution in [0.15, 0.2) is 18.2 Å². The van der Waals surface area contributed by atoms with Crippen LogP contribution in [0.5, 0.6) is 0 Å². The number of hydrogen-bond acceptors (Lipinski definition) is 1. The molecule has 72 valence electrons. The Morgan fingerprint density at radius 2 is 1.85 bits per heavy atom. The first kappa shape index (κ1) is 10.3. The van der Waals surface area contributed by atoms with Crippen molar-refractivity contribution in [1.29, 1.82) is 0 Å². The van der Waals surface area contributed by atoms with E-state index in [1.54, 1.807) is 0 Å². The first-order valence-corrected chi connectivity index (χ1v) is 5.68. The second kappa shape index (κ2) is 4.42. The largest absolute Gasteiger partial charge is 0.305 e. The van der Waals surface area contributed by atoms with E-state index in [0.29, 0.717) is 5.75 Å². The first-order valence-electron chi connectivity index (χ1n) is 4.36. The highest BCUT2D eigenvalue weighted by molar-refractivity contribution is 7.86. The molecule has 1 aromatic carbocycles. The van der Waals surface area contributed by atoms with Crippen molar-refractivity contribution < 1.29 is 4.21 Å². The number of benzene rings is 1. The molecule has 0 unspecified atom stereocenters. The van der Waals surface area contributed by atoms with E-state index in [-0.39, 0.29) is 0 Å². The van der Waals surface area contributed by atoms with Crippen LogP contribution in [0, 0.1) is 13.8 Å². The summed E-state index contributed by atoms with van der Waals surface area (Å²) in [6.45, 7) is 5.93. The van der Waals surface area contributed by atoms with Crippen molar-refractivity contribution in [2.24, 2.45) is 0 Å². The van der Waals surface area contributed by atoms with Crippen LogP contribution in [0.4, 0.5) is 5.69 Å². The molecule has 0 saturated heterocycles. The molecule has 0 bridgehead atoms.